The molecule has 0 aliphatic rings. The van der Waals surface area contributed by atoms with Crippen LogP contribution in [0.5, 0.6) is 0 Å². The molecule has 7 nitrogen and oxygen atoms in total. The largest absolute Gasteiger partial charge is 0.480 e. The highest BCUT2D eigenvalue weighted by Gasteiger charge is 2.24. The third-order valence-electron chi connectivity index (χ3n) is 2.98. The molecule has 1 atom stereocenters. The van der Waals surface area contributed by atoms with E-state index in [0.717, 1.165) is 5.39 Å². The molecular weight excluding hydrogens is 332 g/mol. The molecule has 4 N–H and O–H groups in total. The van der Waals surface area contributed by atoms with Gasteiger partial charge in [0.2, 0.25) is 0 Å². The molecule has 24 heavy (non-hydrogen) atoms. The summed E-state index contributed by atoms with van der Waals surface area (Å²) in [7, 11) is 0. The number of rotatable bonds is 5. The number of carbonyl (C=O) groups excluding carboxylic acids is 1. The van der Waals surface area contributed by atoms with Crippen molar-refractivity contribution in [2.75, 3.05) is 11.5 Å². The predicted molar refractivity (Wildman–Crippen MR) is 92.1 cm³/mol. The molecule has 0 spiro atoms. The van der Waals surface area contributed by atoms with Crippen LogP contribution in [0.3, 0.4) is 0 Å². The Kier molecular flexibility index (Phi) is 5.28. The zero-order valence-electron chi connectivity index (χ0n) is 13.7. The molecule has 1 aromatic carbocycles. The lowest BCUT2D eigenvalue weighted by Gasteiger charge is -2.22. The smallest absolute Gasteiger partial charge is 0.408 e. The number of amides is 1. The summed E-state index contributed by atoms with van der Waals surface area (Å²) >= 11 is 1.23. The monoisotopic (exact) mass is 352 g/mol. The molecule has 2 rings (SSSR count). The van der Waals surface area contributed by atoms with Gasteiger partial charge in [0.25, 0.3) is 0 Å². The fraction of sp³-hybridized carbons (Fsp3) is 0.375. The number of carboxylic acid groups (broad SMARTS) is 1. The van der Waals surface area contributed by atoms with E-state index in [1.165, 1.54) is 11.8 Å². The molecular formula is C16H20N2O5S. The summed E-state index contributed by atoms with van der Waals surface area (Å²) in [6.07, 6.45) is 0.785. The summed E-state index contributed by atoms with van der Waals surface area (Å²) in [4.78, 5) is 23.8. The normalized spacial score (nSPS) is 12.8. The first-order valence-electron chi connectivity index (χ1n) is 7.27. The summed E-state index contributed by atoms with van der Waals surface area (Å²) in [5, 5.41) is 12.5. The molecule has 130 valence electrons. The van der Waals surface area contributed by atoms with E-state index >= 15 is 0 Å². The molecule has 1 unspecified atom stereocenters. The minimum Gasteiger partial charge on any atom is -0.480 e. The van der Waals surface area contributed by atoms with Gasteiger partial charge in [-0.05, 0) is 39.0 Å². The van der Waals surface area contributed by atoms with Gasteiger partial charge >= 0.3 is 12.1 Å². The fourth-order valence-electron chi connectivity index (χ4n) is 1.93. The molecule has 2 aromatic rings. The van der Waals surface area contributed by atoms with Crippen LogP contribution < -0.4 is 11.1 Å². The minimum absolute atomic E-state index is 0.102. The second-order valence-corrected chi connectivity index (χ2v) is 7.26. The van der Waals surface area contributed by atoms with Crippen LogP contribution in [0.25, 0.3) is 11.0 Å². The quantitative estimate of drug-likeness (QED) is 0.559. The van der Waals surface area contributed by atoms with Gasteiger partial charge in [0.1, 0.15) is 17.2 Å². The van der Waals surface area contributed by atoms with Crippen LogP contribution in [-0.2, 0) is 9.53 Å². The number of fused-ring (bicyclic) bond motifs is 1. The first-order valence-corrected chi connectivity index (χ1v) is 8.26. The number of alkyl carbamates (subject to hydrolysis) is 1. The average Bonchev–Trinajstić information content (AvgIpc) is 2.87. The summed E-state index contributed by atoms with van der Waals surface area (Å²) < 4.78 is 10.4. The standard InChI is InChI=1S/C16H20N2O5S/c1-16(2,3)23-15(21)18-11(14(19)20)8-24-13-7-12-9(4-5-22-12)6-10(13)17/h4-7,11H,8,17H2,1-3H3,(H,18,21)(H,19,20). The van der Waals surface area contributed by atoms with Gasteiger partial charge in [-0.3, -0.25) is 0 Å². The fourth-order valence-corrected chi connectivity index (χ4v) is 2.92. The van der Waals surface area contributed by atoms with Crippen LogP contribution in [-0.4, -0.2) is 34.6 Å². The lowest BCUT2D eigenvalue weighted by atomic mass is 10.2. The van der Waals surface area contributed by atoms with Crippen molar-refractivity contribution in [3.8, 4) is 0 Å². The van der Waals surface area contributed by atoms with Crippen LogP contribution in [0.4, 0.5) is 10.5 Å². The van der Waals surface area contributed by atoms with Gasteiger partial charge in [0.15, 0.2) is 0 Å². The van der Waals surface area contributed by atoms with E-state index in [1.54, 1.807) is 45.2 Å². The Hall–Kier alpha value is -2.35. The topological polar surface area (TPSA) is 115 Å². The van der Waals surface area contributed by atoms with Crippen molar-refractivity contribution >= 4 is 40.5 Å². The van der Waals surface area contributed by atoms with Crippen molar-refractivity contribution in [3.63, 3.8) is 0 Å². The number of benzene rings is 1. The molecule has 8 heteroatoms. The Labute approximate surface area is 143 Å². The second-order valence-electron chi connectivity index (χ2n) is 6.20. The molecule has 0 aliphatic heterocycles. The van der Waals surface area contributed by atoms with E-state index < -0.39 is 23.7 Å². The number of carbonyl (C=O) groups is 2. The number of aliphatic carboxylic acids is 1. The van der Waals surface area contributed by atoms with Gasteiger partial charge in [-0.25, -0.2) is 9.59 Å². The van der Waals surface area contributed by atoms with Crippen LogP contribution in [0.15, 0.2) is 33.8 Å². The third kappa shape index (κ3) is 4.82. The zero-order valence-corrected chi connectivity index (χ0v) is 14.5. The first kappa shape index (κ1) is 18.0. The minimum atomic E-state index is -1.15. The number of anilines is 1. The van der Waals surface area contributed by atoms with Gasteiger partial charge in [0.05, 0.1) is 6.26 Å². The Morgan fingerprint density at radius 1 is 1.42 bits per heavy atom. The number of ether oxygens (including phenoxy) is 1. The lowest BCUT2D eigenvalue weighted by molar-refractivity contribution is -0.138. The predicted octanol–water partition coefficient (Wildman–Crippen LogP) is 3.08. The highest BCUT2D eigenvalue weighted by molar-refractivity contribution is 7.99. The summed E-state index contributed by atoms with van der Waals surface area (Å²) in [6, 6.07) is 4.21. The molecule has 0 saturated heterocycles. The molecule has 0 saturated carbocycles. The number of nitrogens with one attached hydrogen (secondary N) is 1. The first-order chi connectivity index (χ1) is 11.2. The Morgan fingerprint density at radius 3 is 2.75 bits per heavy atom. The van der Waals surface area contributed by atoms with Crippen LogP contribution in [0.1, 0.15) is 20.8 Å². The van der Waals surface area contributed by atoms with E-state index in [-0.39, 0.29) is 5.75 Å². The lowest BCUT2D eigenvalue weighted by Crippen LogP contribution is -2.44. The van der Waals surface area contributed by atoms with Crippen molar-refractivity contribution in [2.24, 2.45) is 0 Å². The Morgan fingerprint density at radius 2 is 2.12 bits per heavy atom. The summed E-state index contributed by atoms with van der Waals surface area (Å²) in [5.74, 6) is -1.05. The van der Waals surface area contributed by atoms with Crippen molar-refractivity contribution in [1.29, 1.82) is 0 Å². The zero-order chi connectivity index (χ0) is 17.9. The number of carboxylic acids is 1. The molecule has 0 aliphatic carbocycles. The third-order valence-corrected chi connectivity index (χ3v) is 4.14. The van der Waals surface area contributed by atoms with E-state index in [1.807, 2.05) is 0 Å². The second kappa shape index (κ2) is 7.04. The van der Waals surface area contributed by atoms with E-state index in [4.69, 9.17) is 14.9 Å². The van der Waals surface area contributed by atoms with Crippen LogP contribution in [0, 0.1) is 0 Å². The Bertz CT molecular complexity index is 750. The van der Waals surface area contributed by atoms with Gasteiger partial charge in [0, 0.05) is 21.7 Å². The molecule has 0 bridgehead atoms. The van der Waals surface area contributed by atoms with Crippen molar-refractivity contribution < 1.29 is 23.8 Å². The van der Waals surface area contributed by atoms with Gasteiger partial charge in [-0.1, -0.05) is 0 Å². The Balaban J connectivity index is 2.03. The molecule has 1 heterocycles. The van der Waals surface area contributed by atoms with Crippen molar-refractivity contribution in [2.45, 2.75) is 37.3 Å². The van der Waals surface area contributed by atoms with E-state index in [0.29, 0.717) is 16.2 Å². The highest BCUT2D eigenvalue weighted by Crippen LogP contribution is 2.31. The number of nitrogens with two attached hydrogens (primary N) is 1. The molecule has 1 aromatic heterocycles. The SMILES string of the molecule is CC(C)(C)OC(=O)NC(CSc1cc2occc2cc1N)C(=O)O. The average molecular weight is 352 g/mol. The highest BCUT2D eigenvalue weighted by atomic mass is 32.2. The number of thioether (sulfide) groups is 1. The molecule has 0 radical (unpaired) electrons. The molecule has 0 fully saturated rings. The van der Waals surface area contributed by atoms with Gasteiger partial charge in [-0.15, -0.1) is 11.8 Å². The number of nitrogen functional groups attached to an aromatic ring is 1. The van der Waals surface area contributed by atoms with E-state index in [2.05, 4.69) is 5.32 Å². The number of hydrogen-bond acceptors (Lipinski definition) is 6. The van der Waals surface area contributed by atoms with Crippen molar-refractivity contribution in [3.05, 3.63) is 24.5 Å². The van der Waals surface area contributed by atoms with Crippen LogP contribution in [0.2, 0.25) is 0 Å². The van der Waals surface area contributed by atoms with Crippen LogP contribution >= 0.6 is 11.8 Å². The number of hydrogen-bond donors (Lipinski definition) is 3. The maximum atomic E-state index is 11.7. The maximum Gasteiger partial charge on any atom is 0.408 e. The summed E-state index contributed by atoms with van der Waals surface area (Å²) in [5.41, 5.74) is 6.46. The van der Waals surface area contributed by atoms with Crippen molar-refractivity contribution in [1.82, 2.24) is 5.32 Å². The number of furan rings is 1. The van der Waals surface area contributed by atoms with Gasteiger partial charge in [-0.2, -0.15) is 0 Å². The summed E-state index contributed by atoms with van der Waals surface area (Å²) in [6.45, 7) is 5.11. The van der Waals surface area contributed by atoms with E-state index in [9.17, 15) is 14.7 Å². The van der Waals surface area contributed by atoms with Gasteiger partial charge < -0.3 is 25.3 Å². The molecule has 1 amide bonds. The maximum absolute atomic E-state index is 11.7.